The van der Waals surface area contributed by atoms with Gasteiger partial charge in [0.15, 0.2) is 11.6 Å². The van der Waals surface area contributed by atoms with Gasteiger partial charge in [-0.15, -0.1) is 0 Å². The van der Waals surface area contributed by atoms with E-state index in [4.69, 9.17) is 11.6 Å². The summed E-state index contributed by atoms with van der Waals surface area (Å²) in [6, 6.07) is 16.8. The normalized spacial score (nSPS) is 19.5. The second-order valence-electron chi connectivity index (χ2n) is 10.7. The molecule has 2 fully saturated rings. The Kier molecular flexibility index (Phi) is 5.93. The molecule has 0 spiro atoms. The Bertz CT molecular complexity index is 1900. The van der Waals surface area contributed by atoms with Gasteiger partial charge in [0.05, 0.1) is 21.7 Å². The van der Waals surface area contributed by atoms with Crippen LogP contribution in [0.25, 0.3) is 32.9 Å². The van der Waals surface area contributed by atoms with E-state index >= 15 is 4.39 Å². The van der Waals surface area contributed by atoms with Crippen LogP contribution >= 0.6 is 11.6 Å². The van der Waals surface area contributed by atoms with Crippen LogP contribution < -0.4 is 5.32 Å². The number of para-hydroxylation sites is 1. The first-order valence-corrected chi connectivity index (χ1v) is 13.8. The fourth-order valence-corrected chi connectivity index (χ4v) is 6.45. The first-order valence-electron chi connectivity index (χ1n) is 13.4. The van der Waals surface area contributed by atoms with Gasteiger partial charge >= 0.3 is 0 Å². The highest BCUT2D eigenvalue weighted by molar-refractivity contribution is 6.38. The number of amides is 2. The number of Topliss-reactive ketones (excluding diaryl/α,β-unsaturated/α-hetero) is 1. The van der Waals surface area contributed by atoms with Crippen LogP contribution in [0.4, 0.5) is 10.1 Å². The number of piperidine rings is 1. The summed E-state index contributed by atoms with van der Waals surface area (Å²) in [7, 11) is 0. The summed E-state index contributed by atoms with van der Waals surface area (Å²) in [4.78, 5) is 43.9. The van der Waals surface area contributed by atoms with E-state index in [1.165, 1.54) is 17.7 Å². The number of rotatable bonds is 6. The van der Waals surface area contributed by atoms with Crippen molar-refractivity contribution in [2.24, 2.45) is 5.92 Å². The highest BCUT2D eigenvalue weighted by atomic mass is 35.5. The third kappa shape index (κ3) is 4.19. The van der Waals surface area contributed by atoms with Crippen LogP contribution in [0.5, 0.6) is 0 Å². The minimum atomic E-state index is -0.734. The Morgan fingerprint density at radius 2 is 1.88 bits per heavy atom. The first-order chi connectivity index (χ1) is 19.8. The minimum absolute atomic E-state index is 0.0206. The summed E-state index contributed by atoms with van der Waals surface area (Å²) in [6.45, 7) is 1.33. The number of H-pyrrole nitrogens is 1. The Balaban J connectivity index is 1.14. The lowest BCUT2D eigenvalue weighted by Crippen LogP contribution is -2.46. The lowest BCUT2D eigenvalue weighted by Gasteiger charge is -2.27. The zero-order chi connectivity index (χ0) is 28.4. The molecule has 1 aliphatic heterocycles. The molecule has 10 heteroatoms. The molecular formula is C31H25ClFN5O3. The fourth-order valence-electron chi connectivity index (χ4n) is 6.12. The molecule has 3 heterocycles. The standard InChI is InChI=1S/C31H25ClFN5O3/c1-16(39)29-21-5-2-3-8-23(21)37(36-29)15-26(40)38-24-13-18(24)14-25(38)31(41)35-22-7-4-6-20(28(22)33)19-10-9-17-11-12-34-30(17)27(19)32/h2-12,18,24-25,34H,13-15H2,1H3,(H,35,41)/t18-,24?,25+/m1/s1. The van der Waals surface area contributed by atoms with Crippen LogP contribution in [0, 0.1) is 11.7 Å². The molecule has 3 atom stereocenters. The van der Waals surface area contributed by atoms with Crippen molar-refractivity contribution in [3.8, 4) is 11.1 Å². The molecule has 2 amide bonds. The highest BCUT2D eigenvalue weighted by Crippen LogP contribution is 2.48. The monoisotopic (exact) mass is 569 g/mol. The average Bonchev–Trinajstić information content (AvgIpc) is 3.29. The number of halogens is 2. The number of hydrogen-bond acceptors (Lipinski definition) is 4. The van der Waals surface area contributed by atoms with Gasteiger partial charge in [-0.1, -0.05) is 54.1 Å². The Hall–Kier alpha value is -4.50. The molecule has 1 saturated heterocycles. The first kappa shape index (κ1) is 25.5. The van der Waals surface area contributed by atoms with Crippen molar-refractivity contribution < 1.29 is 18.8 Å². The average molecular weight is 570 g/mol. The van der Waals surface area contributed by atoms with Crippen LogP contribution in [-0.4, -0.2) is 49.3 Å². The molecule has 1 aliphatic carbocycles. The van der Waals surface area contributed by atoms with E-state index in [0.717, 1.165) is 11.8 Å². The van der Waals surface area contributed by atoms with E-state index in [-0.39, 0.29) is 41.4 Å². The van der Waals surface area contributed by atoms with E-state index < -0.39 is 17.8 Å². The maximum atomic E-state index is 15.8. The molecule has 1 saturated carbocycles. The van der Waals surface area contributed by atoms with E-state index in [0.29, 0.717) is 39.1 Å². The molecule has 7 rings (SSSR count). The van der Waals surface area contributed by atoms with Crippen molar-refractivity contribution in [2.75, 3.05) is 5.32 Å². The third-order valence-corrected chi connectivity index (χ3v) is 8.58. The summed E-state index contributed by atoms with van der Waals surface area (Å²) >= 11 is 6.59. The zero-order valence-electron chi connectivity index (χ0n) is 22.0. The number of nitrogens with zero attached hydrogens (tertiary/aromatic N) is 3. The maximum absolute atomic E-state index is 15.8. The third-order valence-electron chi connectivity index (χ3n) is 8.18. The summed E-state index contributed by atoms with van der Waals surface area (Å²) in [5.41, 5.74) is 2.47. The smallest absolute Gasteiger partial charge is 0.247 e. The Labute approximate surface area is 239 Å². The number of aromatic amines is 1. The van der Waals surface area contributed by atoms with Crippen molar-refractivity contribution in [2.45, 2.75) is 38.4 Å². The molecule has 2 aliphatic rings. The summed E-state index contributed by atoms with van der Waals surface area (Å²) in [5, 5.41) is 9.11. The SMILES string of the molecule is CC(=O)c1nn(CC(=O)N2C3C[C@@H]3C[C@H]2C(=O)Nc2cccc(-c3ccc4cc[nH]c4c3Cl)c2F)c2ccccc12. The molecule has 206 valence electrons. The predicted molar refractivity (Wildman–Crippen MR) is 154 cm³/mol. The topological polar surface area (TPSA) is 100 Å². The molecule has 2 aromatic heterocycles. The van der Waals surface area contributed by atoms with Gasteiger partial charge in [-0.05, 0) is 37.0 Å². The number of aromatic nitrogens is 3. The van der Waals surface area contributed by atoms with E-state index in [9.17, 15) is 14.4 Å². The van der Waals surface area contributed by atoms with Crippen LogP contribution in [0.15, 0.2) is 66.9 Å². The molecule has 41 heavy (non-hydrogen) atoms. The van der Waals surface area contributed by atoms with Gasteiger partial charge in [0.2, 0.25) is 11.8 Å². The molecule has 5 aromatic rings. The largest absolute Gasteiger partial charge is 0.360 e. The van der Waals surface area contributed by atoms with Gasteiger partial charge in [-0.3, -0.25) is 19.1 Å². The summed E-state index contributed by atoms with van der Waals surface area (Å²) in [6.07, 6.45) is 3.11. The van der Waals surface area contributed by atoms with E-state index in [1.54, 1.807) is 35.4 Å². The van der Waals surface area contributed by atoms with Gasteiger partial charge in [0, 0.05) is 41.1 Å². The van der Waals surface area contributed by atoms with E-state index in [1.807, 2.05) is 30.3 Å². The molecule has 2 N–H and O–H groups in total. The summed E-state index contributed by atoms with van der Waals surface area (Å²) < 4.78 is 17.3. The summed E-state index contributed by atoms with van der Waals surface area (Å²) in [5.74, 6) is -1.26. The second kappa shape index (κ2) is 9.55. The number of carbonyl (C=O) groups excluding carboxylic acids is 3. The van der Waals surface area contributed by atoms with Gasteiger partial charge < -0.3 is 15.2 Å². The van der Waals surface area contributed by atoms with Crippen molar-refractivity contribution in [1.82, 2.24) is 19.7 Å². The minimum Gasteiger partial charge on any atom is -0.360 e. The molecule has 3 aromatic carbocycles. The lowest BCUT2D eigenvalue weighted by atomic mass is 10.0. The number of anilines is 1. The second-order valence-corrected chi connectivity index (χ2v) is 11.1. The predicted octanol–water partition coefficient (Wildman–Crippen LogP) is 5.81. The number of benzene rings is 3. The van der Waals surface area contributed by atoms with Crippen LogP contribution in [0.3, 0.4) is 0 Å². The van der Waals surface area contributed by atoms with Crippen molar-refractivity contribution in [3.63, 3.8) is 0 Å². The lowest BCUT2D eigenvalue weighted by molar-refractivity contribution is -0.138. The van der Waals surface area contributed by atoms with Crippen molar-refractivity contribution >= 4 is 56.7 Å². The molecule has 1 unspecified atom stereocenters. The molecule has 8 nitrogen and oxygen atoms in total. The fraction of sp³-hybridized carbons (Fsp3) is 0.226. The highest BCUT2D eigenvalue weighted by Gasteiger charge is 2.56. The van der Waals surface area contributed by atoms with Crippen molar-refractivity contribution in [3.05, 3.63) is 83.4 Å². The quantitative estimate of drug-likeness (QED) is 0.252. The number of likely N-dealkylation sites (tertiary alicyclic amines) is 1. The molecule has 0 radical (unpaired) electrons. The van der Waals surface area contributed by atoms with Gasteiger partial charge in [-0.2, -0.15) is 5.10 Å². The van der Waals surface area contributed by atoms with Crippen LogP contribution in [0.2, 0.25) is 5.02 Å². The van der Waals surface area contributed by atoms with Gasteiger partial charge in [-0.25, -0.2) is 4.39 Å². The van der Waals surface area contributed by atoms with E-state index in [2.05, 4.69) is 15.4 Å². The Morgan fingerprint density at radius 1 is 1.05 bits per heavy atom. The number of fused-ring (bicyclic) bond motifs is 3. The number of ketones is 1. The van der Waals surface area contributed by atoms with Crippen LogP contribution in [0.1, 0.15) is 30.3 Å². The number of hydrogen-bond donors (Lipinski definition) is 2. The number of carbonyl (C=O) groups is 3. The van der Waals surface area contributed by atoms with Crippen LogP contribution in [-0.2, 0) is 16.1 Å². The zero-order valence-corrected chi connectivity index (χ0v) is 22.8. The van der Waals surface area contributed by atoms with Gasteiger partial charge in [0.1, 0.15) is 18.3 Å². The van der Waals surface area contributed by atoms with Crippen molar-refractivity contribution in [1.29, 1.82) is 0 Å². The van der Waals surface area contributed by atoms with Gasteiger partial charge in [0.25, 0.3) is 0 Å². The molecule has 0 bridgehead atoms. The maximum Gasteiger partial charge on any atom is 0.247 e. The Morgan fingerprint density at radius 3 is 2.71 bits per heavy atom. The molecular weight excluding hydrogens is 545 g/mol. The number of nitrogens with one attached hydrogen (secondary N) is 2.